The van der Waals surface area contributed by atoms with Gasteiger partial charge >= 0.3 is 0 Å². The maximum atomic E-state index is 11.5. The molecule has 1 aromatic rings. The molecule has 0 spiro atoms. The summed E-state index contributed by atoms with van der Waals surface area (Å²) < 4.78 is 0. The van der Waals surface area contributed by atoms with Gasteiger partial charge in [-0.25, -0.2) is 0 Å². The lowest BCUT2D eigenvalue weighted by molar-refractivity contribution is 0.104. The van der Waals surface area contributed by atoms with Gasteiger partial charge in [-0.2, -0.15) is 0 Å². The molecule has 0 heterocycles. The van der Waals surface area contributed by atoms with Crippen LogP contribution in [-0.4, -0.2) is 17.0 Å². The number of aliphatic hydroxyl groups excluding tert-OH is 1. The molecular formula is C11H10O2. The number of carbonyl (C=O) groups excluding carboxylic acids is 1. The first kappa shape index (κ1) is 8.20. The van der Waals surface area contributed by atoms with Gasteiger partial charge in [0.1, 0.15) is 0 Å². The van der Waals surface area contributed by atoms with Crippen molar-refractivity contribution >= 4 is 5.78 Å². The van der Waals surface area contributed by atoms with Gasteiger partial charge in [0.15, 0.2) is 5.78 Å². The van der Waals surface area contributed by atoms with E-state index in [1.807, 2.05) is 18.2 Å². The Bertz CT molecular complexity index is 366. The van der Waals surface area contributed by atoms with Gasteiger partial charge in [0, 0.05) is 12.0 Å². The Morgan fingerprint density at radius 2 is 2.08 bits per heavy atom. The minimum Gasteiger partial charge on any atom is -0.389 e. The van der Waals surface area contributed by atoms with Crippen LogP contribution in [0.1, 0.15) is 15.9 Å². The maximum Gasteiger partial charge on any atom is 0.185 e. The van der Waals surface area contributed by atoms with Crippen molar-refractivity contribution in [2.75, 3.05) is 0 Å². The second-order valence-electron chi connectivity index (χ2n) is 3.15. The predicted octanol–water partition coefficient (Wildman–Crippen LogP) is 1.34. The molecule has 0 saturated carbocycles. The zero-order valence-electron chi connectivity index (χ0n) is 7.10. The second-order valence-corrected chi connectivity index (χ2v) is 3.15. The van der Waals surface area contributed by atoms with Crippen LogP contribution in [0.3, 0.4) is 0 Å². The molecule has 2 heteroatoms. The lowest BCUT2D eigenvalue weighted by atomic mass is 10.0. The number of rotatable bonds is 0. The molecule has 0 radical (unpaired) electrons. The maximum absolute atomic E-state index is 11.5. The molecule has 0 aromatic heterocycles. The van der Waals surface area contributed by atoms with E-state index in [0.29, 0.717) is 12.0 Å². The Hall–Kier alpha value is -1.41. The zero-order valence-corrected chi connectivity index (χ0v) is 7.10. The van der Waals surface area contributed by atoms with Crippen LogP contribution >= 0.6 is 0 Å². The van der Waals surface area contributed by atoms with E-state index in [4.69, 9.17) is 0 Å². The van der Waals surface area contributed by atoms with Crippen molar-refractivity contribution in [2.45, 2.75) is 12.5 Å². The molecule has 0 bridgehead atoms. The van der Waals surface area contributed by atoms with Crippen LogP contribution in [0.2, 0.25) is 0 Å². The fraction of sp³-hybridized carbons (Fsp3) is 0.182. The number of ketones is 1. The standard InChI is InChI=1S/C11H10O2/c12-9-5-6-11(13)10-4-2-1-3-8(10)7-9/h1-6,9,12H,7H2. The molecule has 0 amide bonds. The zero-order chi connectivity index (χ0) is 9.26. The highest BCUT2D eigenvalue weighted by Gasteiger charge is 2.14. The number of aliphatic hydroxyl groups is 1. The first-order valence-electron chi connectivity index (χ1n) is 4.26. The summed E-state index contributed by atoms with van der Waals surface area (Å²) >= 11 is 0. The Labute approximate surface area is 76.5 Å². The minimum atomic E-state index is -0.535. The number of carbonyl (C=O) groups is 1. The molecule has 1 aliphatic carbocycles. The van der Waals surface area contributed by atoms with Gasteiger partial charge in [-0.3, -0.25) is 4.79 Å². The van der Waals surface area contributed by atoms with Gasteiger partial charge in [0.25, 0.3) is 0 Å². The highest BCUT2D eigenvalue weighted by atomic mass is 16.3. The van der Waals surface area contributed by atoms with Crippen LogP contribution in [0.25, 0.3) is 0 Å². The molecule has 66 valence electrons. The summed E-state index contributed by atoms with van der Waals surface area (Å²) in [6.45, 7) is 0. The van der Waals surface area contributed by atoms with Crippen LogP contribution < -0.4 is 0 Å². The SMILES string of the molecule is O=C1C=CC(O)Cc2ccccc21. The molecule has 1 aromatic carbocycles. The van der Waals surface area contributed by atoms with Crippen molar-refractivity contribution in [3.8, 4) is 0 Å². The lowest BCUT2D eigenvalue weighted by Crippen LogP contribution is -2.06. The molecule has 1 N–H and O–H groups in total. The number of hydrogen-bond donors (Lipinski definition) is 1. The van der Waals surface area contributed by atoms with Crippen LogP contribution in [0, 0.1) is 0 Å². The van der Waals surface area contributed by atoms with E-state index in [1.54, 1.807) is 12.1 Å². The van der Waals surface area contributed by atoms with Crippen LogP contribution in [0.15, 0.2) is 36.4 Å². The Kier molecular flexibility index (Phi) is 1.99. The summed E-state index contributed by atoms with van der Waals surface area (Å²) in [5, 5.41) is 9.41. The molecular weight excluding hydrogens is 164 g/mol. The number of fused-ring (bicyclic) bond motifs is 1. The smallest absolute Gasteiger partial charge is 0.185 e. The molecule has 1 unspecified atom stereocenters. The summed E-state index contributed by atoms with van der Waals surface area (Å²) in [5.74, 6) is -0.0212. The first-order chi connectivity index (χ1) is 6.27. The molecule has 1 atom stereocenters. The fourth-order valence-electron chi connectivity index (χ4n) is 1.52. The Morgan fingerprint density at radius 1 is 1.31 bits per heavy atom. The van der Waals surface area contributed by atoms with Gasteiger partial charge in [-0.15, -0.1) is 0 Å². The number of allylic oxidation sites excluding steroid dienone is 1. The summed E-state index contributed by atoms with van der Waals surface area (Å²) in [6, 6.07) is 7.38. The molecule has 2 rings (SSSR count). The van der Waals surface area contributed by atoms with Crippen LogP contribution in [0.5, 0.6) is 0 Å². The normalized spacial score (nSPS) is 21.0. The minimum absolute atomic E-state index is 0.0212. The van der Waals surface area contributed by atoms with E-state index in [-0.39, 0.29) is 5.78 Å². The van der Waals surface area contributed by atoms with Crippen molar-refractivity contribution in [3.05, 3.63) is 47.5 Å². The average Bonchev–Trinajstić information content (AvgIpc) is 2.27. The van der Waals surface area contributed by atoms with Crippen molar-refractivity contribution in [1.82, 2.24) is 0 Å². The largest absolute Gasteiger partial charge is 0.389 e. The van der Waals surface area contributed by atoms with Crippen LogP contribution in [0.4, 0.5) is 0 Å². The Morgan fingerprint density at radius 3 is 2.92 bits per heavy atom. The van der Waals surface area contributed by atoms with E-state index < -0.39 is 6.10 Å². The van der Waals surface area contributed by atoms with E-state index >= 15 is 0 Å². The third kappa shape index (κ3) is 1.53. The van der Waals surface area contributed by atoms with E-state index in [1.165, 1.54) is 6.08 Å². The average molecular weight is 174 g/mol. The van der Waals surface area contributed by atoms with Gasteiger partial charge in [-0.05, 0) is 11.6 Å². The van der Waals surface area contributed by atoms with E-state index in [9.17, 15) is 9.90 Å². The van der Waals surface area contributed by atoms with Crippen molar-refractivity contribution in [3.63, 3.8) is 0 Å². The quantitative estimate of drug-likeness (QED) is 0.644. The molecule has 1 aliphatic rings. The monoisotopic (exact) mass is 174 g/mol. The predicted molar refractivity (Wildman–Crippen MR) is 49.6 cm³/mol. The van der Waals surface area contributed by atoms with E-state index in [0.717, 1.165) is 5.56 Å². The summed E-state index contributed by atoms with van der Waals surface area (Å²) in [5.41, 5.74) is 1.63. The lowest BCUT2D eigenvalue weighted by Gasteiger charge is -2.05. The Balaban J connectivity index is 2.51. The highest BCUT2D eigenvalue weighted by molar-refractivity contribution is 6.06. The third-order valence-electron chi connectivity index (χ3n) is 2.18. The van der Waals surface area contributed by atoms with Crippen molar-refractivity contribution in [1.29, 1.82) is 0 Å². The topological polar surface area (TPSA) is 37.3 Å². The van der Waals surface area contributed by atoms with E-state index in [2.05, 4.69) is 0 Å². The van der Waals surface area contributed by atoms with Gasteiger partial charge in [0.2, 0.25) is 0 Å². The highest BCUT2D eigenvalue weighted by Crippen LogP contribution is 2.16. The van der Waals surface area contributed by atoms with Crippen molar-refractivity contribution < 1.29 is 9.90 Å². The fourth-order valence-corrected chi connectivity index (χ4v) is 1.52. The molecule has 0 aliphatic heterocycles. The molecule has 2 nitrogen and oxygen atoms in total. The number of hydrogen-bond acceptors (Lipinski definition) is 2. The van der Waals surface area contributed by atoms with Gasteiger partial charge in [0.05, 0.1) is 6.10 Å². The second kappa shape index (κ2) is 3.15. The molecule has 13 heavy (non-hydrogen) atoms. The van der Waals surface area contributed by atoms with Gasteiger partial charge < -0.3 is 5.11 Å². The molecule has 0 fully saturated rings. The summed E-state index contributed by atoms with van der Waals surface area (Å²) in [6.07, 6.45) is 2.98. The third-order valence-corrected chi connectivity index (χ3v) is 2.18. The first-order valence-corrected chi connectivity index (χ1v) is 4.26. The number of benzene rings is 1. The van der Waals surface area contributed by atoms with Gasteiger partial charge in [-0.1, -0.05) is 30.3 Å². The van der Waals surface area contributed by atoms with Crippen molar-refractivity contribution in [2.24, 2.45) is 0 Å². The molecule has 0 saturated heterocycles. The summed E-state index contributed by atoms with van der Waals surface area (Å²) in [7, 11) is 0. The van der Waals surface area contributed by atoms with Crippen LogP contribution in [-0.2, 0) is 6.42 Å². The summed E-state index contributed by atoms with van der Waals surface area (Å²) in [4.78, 5) is 11.5.